The maximum Gasteiger partial charge on any atom is 0.224 e. The van der Waals surface area contributed by atoms with Gasteiger partial charge in [-0.1, -0.05) is 0 Å². The van der Waals surface area contributed by atoms with Crippen molar-refractivity contribution < 1.29 is 4.74 Å². The van der Waals surface area contributed by atoms with Crippen LogP contribution < -0.4 is 11.1 Å². The van der Waals surface area contributed by atoms with Gasteiger partial charge in [0.1, 0.15) is 11.8 Å². The summed E-state index contributed by atoms with van der Waals surface area (Å²) in [5.41, 5.74) is 7.01. The third-order valence-electron chi connectivity index (χ3n) is 3.43. The van der Waals surface area contributed by atoms with Crippen molar-refractivity contribution in [3.63, 3.8) is 0 Å². The number of anilines is 1. The summed E-state index contributed by atoms with van der Waals surface area (Å²) in [6, 6.07) is 4.03. The van der Waals surface area contributed by atoms with Crippen molar-refractivity contribution in [2.45, 2.75) is 44.8 Å². The highest BCUT2D eigenvalue weighted by Crippen LogP contribution is 2.19. The van der Waals surface area contributed by atoms with Crippen LogP contribution in [0.1, 0.15) is 37.1 Å². The van der Waals surface area contributed by atoms with Crippen LogP contribution in [0.4, 0.5) is 5.95 Å². The average Bonchev–Trinajstić information content (AvgIpc) is 2.45. The molecule has 0 radical (unpaired) electrons. The number of rotatable bonds is 5. The first kappa shape index (κ1) is 14.7. The molecule has 0 aromatic carbocycles. The highest BCUT2D eigenvalue weighted by molar-refractivity contribution is 5.32. The van der Waals surface area contributed by atoms with Crippen LogP contribution in [0.25, 0.3) is 0 Å². The van der Waals surface area contributed by atoms with E-state index < -0.39 is 0 Å². The Bertz CT molecular complexity index is 477. The lowest BCUT2D eigenvalue weighted by Gasteiger charge is -2.26. The Labute approximate surface area is 119 Å². The molecule has 6 nitrogen and oxygen atoms in total. The maximum atomic E-state index is 8.85. The molecular weight excluding hydrogens is 254 g/mol. The second kappa shape index (κ2) is 7.17. The average molecular weight is 275 g/mol. The number of nitrogens with one attached hydrogen (secondary N) is 1. The number of ether oxygens (including phenoxy) is 1. The lowest BCUT2D eigenvalue weighted by Crippen LogP contribution is -2.31. The van der Waals surface area contributed by atoms with Crippen molar-refractivity contribution >= 4 is 5.95 Å². The Hall–Kier alpha value is -1.71. The van der Waals surface area contributed by atoms with Crippen LogP contribution in [0.15, 0.2) is 6.07 Å². The molecule has 0 amide bonds. The molecule has 0 unspecified atom stereocenters. The highest BCUT2D eigenvalue weighted by Gasteiger charge is 2.18. The Morgan fingerprint density at radius 1 is 1.40 bits per heavy atom. The van der Waals surface area contributed by atoms with Gasteiger partial charge in [-0.25, -0.2) is 9.97 Å². The van der Waals surface area contributed by atoms with Crippen molar-refractivity contribution in [3.05, 3.63) is 17.5 Å². The summed E-state index contributed by atoms with van der Waals surface area (Å²) >= 11 is 0. The minimum atomic E-state index is 0.324. The SMILES string of the molecule is Cc1cc(C#N)nc(NCCOC2CCC(N)CC2)n1. The quantitative estimate of drug-likeness (QED) is 0.787. The molecule has 20 heavy (non-hydrogen) atoms. The Morgan fingerprint density at radius 3 is 2.85 bits per heavy atom. The topological polar surface area (TPSA) is 96.8 Å². The van der Waals surface area contributed by atoms with Crippen LogP contribution in [0.3, 0.4) is 0 Å². The first-order valence-electron chi connectivity index (χ1n) is 7.04. The monoisotopic (exact) mass is 275 g/mol. The van der Waals surface area contributed by atoms with E-state index in [0.717, 1.165) is 31.4 Å². The van der Waals surface area contributed by atoms with Gasteiger partial charge >= 0.3 is 0 Å². The fourth-order valence-electron chi connectivity index (χ4n) is 2.35. The van der Waals surface area contributed by atoms with Gasteiger partial charge in [0.05, 0.1) is 12.7 Å². The van der Waals surface area contributed by atoms with Gasteiger partial charge in [-0.3, -0.25) is 0 Å². The molecule has 1 aliphatic carbocycles. The molecule has 0 bridgehead atoms. The van der Waals surface area contributed by atoms with Crippen molar-refractivity contribution in [1.29, 1.82) is 5.26 Å². The molecule has 1 aliphatic rings. The van der Waals surface area contributed by atoms with Gasteiger partial charge in [0.15, 0.2) is 0 Å². The Morgan fingerprint density at radius 2 is 2.15 bits per heavy atom. The van der Waals surface area contributed by atoms with Gasteiger partial charge in [0, 0.05) is 18.3 Å². The van der Waals surface area contributed by atoms with E-state index >= 15 is 0 Å². The van der Waals surface area contributed by atoms with Crippen molar-refractivity contribution in [2.24, 2.45) is 5.73 Å². The van der Waals surface area contributed by atoms with Gasteiger partial charge in [0.2, 0.25) is 5.95 Å². The van der Waals surface area contributed by atoms with Crippen molar-refractivity contribution in [3.8, 4) is 6.07 Å². The van der Waals surface area contributed by atoms with Gasteiger partial charge < -0.3 is 15.8 Å². The van der Waals surface area contributed by atoms with Crippen LogP contribution in [0.2, 0.25) is 0 Å². The fourth-order valence-corrected chi connectivity index (χ4v) is 2.35. The van der Waals surface area contributed by atoms with E-state index in [1.54, 1.807) is 6.07 Å². The van der Waals surface area contributed by atoms with Crippen molar-refractivity contribution in [2.75, 3.05) is 18.5 Å². The van der Waals surface area contributed by atoms with E-state index in [1.807, 2.05) is 13.0 Å². The maximum absolute atomic E-state index is 8.85. The highest BCUT2D eigenvalue weighted by atomic mass is 16.5. The lowest BCUT2D eigenvalue weighted by molar-refractivity contribution is 0.0312. The number of nitriles is 1. The van der Waals surface area contributed by atoms with Gasteiger partial charge in [-0.15, -0.1) is 0 Å². The summed E-state index contributed by atoms with van der Waals surface area (Å²) in [7, 11) is 0. The third-order valence-corrected chi connectivity index (χ3v) is 3.43. The van der Waals surface area contributed by atoms with E-state index in [-0.39, 0.29) is 0 Å². The molecule has 0 atom stereocenters. The van der Waals surface area contributed by atoms with Crippen LogP contribution in [-0.2, 0) is 4.74 Å². The number of hydrogen-bond donors (Lipinski definition) is 2. The van der Waals surface area contributed by atoms with Crippen LogP contribution in [0.5, 0.6) is 0 Å². The van der Waals surface area contributed by atoms with Gasteiger partial charge in [0.25, 0.3) is 0 Å². The predicted octanol–water partition coefficient (Wildman–Crippen LogP) is 1.36. The molecule has 1 heterocycles. The normalized spacial score (nSPS) is 22.2. The summed E-state index contributed by atoms with van der Waals surface area (Å²) in [5.74, 6) is 0.482. The lowest BCUT2D eigenvalue weighted by atomic mass is 9.94. The molecular formula is C14H21N5O. The van der Waals surface area contributed by atoms with Crippen molar-refractivity contribution in [1.82, 2.24) is 9.97 Å². The molecule has 108 valence electrons. The molecule has 0 saturated heterocycles. The second-order valence-corrected chi connectivity index (χ2v) is 5.16. The number of aryl methyl sites for hydroxylation is 1. The standard InChI is InChI=1S/C14H21N5O/c1-10-8-12(9-15)19-14(18-10)17-6-7-20-13-4-2-11(16)3-5-13/h8,11,13H,2-7,16H2,1H3,(H,17,18,19). The molecule has 1 saturated carbocycles. The summed E-state index contributed by atoms with van der Waals surface area (Å²) < 4.78 is 5.80. The van der Waals surface area contributed by atoms with Crippen LogP contribution in [0, 0.1) is 18.3 Å². The minimum Gasteiger partial charge on any atom is -0.376 e. The summed E-state index contributed by atoms with van der Waals surface area (Å²) in [6.45, 7) is 3.09. The number of nitrogens with two attached hydrogens (primary N) is 1. The molecule has 2 rings (SSSR count). The smallest absolute Gasteiger partial charge is 0.224 e. The Balaban J connectivity index is 1.71. The third kappa shape index (κ3) is 4.44. The Kier molecular flexibility index (Phi) is 5.27. The summed E-state index contributed by atoms with van der Waals surface area (Å²) in [6.07, 6.45) is 4.50. The first-order chi connectivity index (χ1) is 9.67. The molecule has 0 aliphatic heterocycles. The molecule has 1 aromatic heterocycles. The van der Waals surface area contributed by atoms with Crippen LogP contribution >= 0.6 is 0 Å². The van der Waals surface area contributed by atoms with E-state index in [0.29, 0.717) is 36.9 Å². The second-order valence-electron chi connectivity index (χ2n) is 5.16. The molecule has 6 heteroatoms. The van der Waals surface area contributed by atoms with E-state index in [2.05, 4.69) is 15.3 Å². The fraction of sp³-hybridized carbons (Fsp3) is 0.643. The molecule has 1 fully saturated rings. The number of hydrogen-bond acceptors (Lipinski definition) is 6. The number of aromatic nitrogens is 2. The molecule has 0 spiro atoms. The zero-order valence-electron chi connectivity index (χ0n) is 11.8. The predicted molar refractivity (Wildman–Crippen MR) is 76.2 cm³/mol. The number of nitrogens with zero attached hydrogens (tertiary/aromatic N) is 3. The van der Waals surface area contributed by atoms with Crippen LogP contribution in [-0.4, -0.2) is 35.3 Å². The van der Waals surface area contributed by atoms with Gasteiger partial charge in [-0.2, -0.15) is 5.26 Å². The zero-order chi connectivity index (χ0) is 14.4. The molecule has 3 N–H and O–H groups in total. The largest absolute Gasteiger partial charge is 0.376 e. The summed E-state index contributed by atoms with van der Waals surface area (Å²) in [4.78, 5) is 8.32. The summed E-state index contributed by atoms with van der Waals surface area (Å²) in [5, 5.41) is 11.9. The zero-order valence-corrected chi connectivity index (χ0v) is 11.8. The minimum absolute atomic E-state index is 0.324. The van der Waals surface area contributed by atoms with E-state index in [1.165, 1.54) is 0 Å². The van der Waals surface area contributed by atoms with E-state index in [4.69, 9.17) is 15.7 Å². The van der Waals surface area contributed by atoms with Gasteiger partial charge in [-0.05, 0) is 38.7 Å². The molecule has 1 aromatic rings. The van der Waals surface area contributed by atoms with E-state index in [9.17, 15) is 0 Å². The first-order valence-corrected chi connectivity index (χ1v) is 7.04.